The van der Waals surface area contributed by atoms with Gasteiger partial charge in [-0.25, -0.2) is 8.78 Å². The van der Waals surface area contributed by atoms with Gasteiger partial charge in [0.25, 0.3) is 6.43 Å². The van der Waals surface area contributed by atoms with E-state index in [9.17, 15) is 8.78 Å². The fourth-order valence-corrected chi connectivity index (χ4v) is 1.88. The second-order valence-electron chi connectivity index (χ2n) is 4.05. The fourth-order valence-electron chi connectivity index (χ4n) is 1.88. The van der Waals surface area contributed by atoms with Crippen LogP contribution in [0.25, 0.3) is 0 Å². The third kappa shape index (κ3) is 4.30. The first kappa shape index (κ1) is 15.1. The number of hydrogen-bond acceptors (Lipinski definition) is 0. The Kier molecular flexibility index (Phi) is 6.95. The molecule has 0 aromatic carbocycles. The molecule has 0 rings (SSSR count). The summed E-state index contributed by atoms with van der Waals surface area (Å²) in [5.74, 6) is 0. The molecular weight excluding hydrogens is 206 g/mol. The maximum Gasteiger partial charge on any atom is 0.264 e. The van der Waals surface area contributed by atoms with Gasteiger partial charge in [0.1, 0.15) is 0 Å². The lowest BCUT2D eigenvalue weighted by Gasteiger charge is -2.15. The van der Waals surface area contributed by atoms with Crippen molar-refractivity contribution in [3.8, 4) is 0 Å². The zero-order valence-corrected chi connectivity index (χ0v) is 10.7. The van der Waals surface area contributed by atoms with E-state index in [4.69, 9.17) is 0 Å². The van der Waals surface area contributed by atoms with Crippen LogP contribution in [0.5, 0.6) is 0 Å². The summed E-state index contributed by atoms with van der Waals surface area (Å²) >= 11 is 0. The van der Waals surface area contributed by atoms with Crippen LogP contribution in [0.3, 0.4) is 0 Å². The first-order chi connectivity index (χ1) is 7.45. The highest BCUT2D eigenvalue weighted by Gasteiger charge is 2.17. The Bertz CT molecular complexity index is 296. The minimum Gasteiger partial charge on any atom is -0.205 e. The van der Waals surface area contributed by atoms with Crippen molar-refractivity contribution in [3.63, 3.8) is 0 Å². The zero-order chi connectivity index (χ0) is 12.7. The number of alkyl halides is 2. The number of halogens is 2. The van der Waals surface area contributed by atoms with Crippen LogP contribution in [0.1, 0.15) is 47.0 Å². The number of allylic oxidation sites excluding steroid dienone is 5. The summed E-state index contributed by atoms with van der Waals surface area (Å²) in [6.07, 6.45) is 1.61. The maximum absolute atomic E-state index is 13.0. The fraction of sp³-hybridized carbons (Fsp3) is 0.571. The first-order valence-corrected chi connectivity index (χ1v) is 5.79. The molecule has 0 amide bonds. The number of hydrogen-bond donors (Lipinski definition) is 0. The van der Waals surface area contributed by atoms with Crippen molar-refractivity contribution in [2.75, 3.05) is 0 Å². The van der Waals surface area contributed by atoms with Gasteiger partial charge < -0.3 is 0 Å². The minimum atomic E-state index is -2.42. The van der Waals surface area contributed by atoms with E-state index in [0.717, 1.165) is 24.0 Å². The molecule has 0 saturated heterocycles. The Morgan fingerprint density at radius 2 is 1.81 bits per heavy atom. The molecule has 0 aliphatic carbocycles. The van der Waals surface area contributed by atoms with Gasteiger partial charge >= 0.3 is 0 Å². The smallest absolute Gasteiger partial charge is 0.205 e. The SMILES string of the molecule is C=C(C)C(/C(=C/CC)C(F)F)=C(/C)CCC. The largest absolute Gasteiger partial charge is 0.264 e. The summed E-state index contributed by atoms with van der Waals surface area (Å²) in [7, 11) is 0. The molecule has 0 aromatic rings. The first-order valence-electron chi connectivity index (χ1n) is 5.79. The van der Waals surface area contributed by atoms with Crippen LogP contribution >= 0.6 is 0 Å². The van der Waals surface area contributed by atoms with Crippen LogP contribution in [0.4, 0.5) is 8.78 Å². The van der Waals surface area contributed by atoms with Crippen LogP contribution < -0.4 is 0 Å². The van der Waals surface area contributed by atoms with Crippen LogP contribution in [0.15, 0.2) is 34.9 Å². The van der Waals surface area contributed by atoms with Gasteiger partial charge in [0, 0.05) is 5.57 Å². The molecule has 2 heteroatoms. The molecule has 0 heterocycles. The third-order valence-corrected chi connectivity index (χ3v) is 2.43. The molecule has 0 spiro atoms. The quantitative estimate of drug-likeness (QED) is 0.542. The van der Waals surface area contributed by atoms with E-state index in [1.54, 1.807) is 13.0 Å². The van der Waals surface area contributed by atoms with Crippen molar-refractivity contribution in [1.29, 1.82) is 0 Å². The standard InChI is InChI=1S/C14H22F2/c1-6-8-11(5)13(10(3)4)12(9-7-2)14(15)16/h9,14H,3,6-8H2,1-2,4-5H3/b12-9-,13-11+. The molecule has 0 atom stereocenters. The van der Waals surface area contributed by atoms with Crippen LogP contribution in [0.2, 0.25) is 0 Å². The summed E-state index contributed by atoms with van der Waals surface area (Å²) in [4.78, 5) is 0. The van der Waals surface area contributed by atoms with Gasteiger partial charge in [-0.15, -0.1) is 0 Å². The Hall–Kier alpha value is -0.920. The summed E-state index contributed by atoms with van der Waals surface area (Å²) in [6, 6.07) is 0. The van der Waals surface area contributed by atoms with Crippen molar-refractivity contribution in [2.24, 2.45) is 0 Å². The van der Waals surface area contributed by atoms with Gasteiger partial charge in [-0.05, 0) is 32.3 Å². The monoisotopic (exact) mass is 228 g/mol. The van der Waals surface area contributed by atoms with Gasteiger partial charge in [0.05, 0.1) is 0 Å². The molecular formula is C14H22F2. The predicted octanol–water partition coefficient (Wildman–Crippen LogP) is 5.28. The van der Waals surface area contributed by atoms with Crippen molar-refractivity contribution < 1.29 is 8.78 Å². The molecule has 0 aliphatic rings. The van der Waals surface area contributed by atoms with Crippen LogP contribution in [-0.2, 0) is 0 Å². The van der Waals surface area contributed by atoms with Crippen molar-refractivity contribution >= 4 is 0 Å². The van der Waals surface area contributed by atoms with E-state index in [1.165, 1.54) is 0 Å². The van der Waals surface area contributed by atoms with Gasteiger partial charge in [0.15, 0.2) is 0 Å². The Morgan fingerprint density at radius 1 is 1.25 bits per heavy atom. The molecule has 0 unspecified atom stereocenters. The highest BCUT2D eigenvalue weighted by molar-refractivity contribution is 5.48. The third-order valence-electron chi connectivity index (χ3n) is 2.43. The molecule has 92 valence electrons. The van der Waals surface area contributed by atoms with E-state index in [-0.39, 0.29) is 5.57 Å². The molecule has 0 aliphatic heterocycles. The Balaban J connectivity index is 5.41. The van der Waals surface area contributed by atoms with E-state index in [2.05, 4.69) is 6.58 Å². The predicted molar refractivity (Wildman–Crippen MR) is 66.8 cm³/mol. The van der Waals surface area contributed by atoms with Crippen molar-refractivity contribution in [1.82, 2.24) is 0 Å². The molecule has 16 heavy (non-hydrogen) atoms. The summed E-state index contributed by atoms with van der Waals surface area (Å²) in [5.41, 5.74) is 2.54. The molecule has 0 N–H and O–H groups in total. The van der Waals surface area contributed by atoms with E-state index < -0.39 is 6.43 Å². The Labute approximate surface area is 97.7 Å². The van der Waals surface area contributed by atoms with Gasteiger partial charge in [-0.3, -0.25) is 0 Å². The Morgan fingerprint density at radius 3 is 2.12 bits per heavy atom. The lowest BCUT2D eigenvalue weighted by Crippen LogP contribution is -2.04. The molecule has 0 aromatic heterocycles. The van der Waals surface area contributed by atoms with Crippen LogP contribution in [-0.4, -0.2) is 6.43 Å². The van der Waals surface area contributed by atoms with Gasteiger partial charge in [-0.2, -0.15) is 0 Å². The van der Waals surface area contributed by atoms with Crippen molar-refractivity contribution in [3.05, 3.63) is 34.9 Å². The highest BCUT2D eigenvalue weighted by Crippen LogP contribution is 2.29. The zero-order valence-electron chi connectivity index (χ0n) is 10.7. The molecule has 0 fully saturated rings. The highest BCUT2D eigenvalue weighted by atomic mass is 19.3. The summed E-state index contributed by atoms with van der Waals surface area (Å²) in [5, 5.41) is 0. The molecule has 0 nitrogen and oxygen atoms in total. The average molecular weight is 228 g/mol. The second kappa shape index (κ2) is 7.37. The normalized spacial score (nSPS) is 14.1. The topological polar surface area (TPSA) is 0 Å². The number of rotatable bonds is 6. The average Bonchev–Trinajstić information content (AvgIpc) is 2.16. The molecule has 0 saturated carbocycles. The molecule has 0 bridgehead atoms. The summed E-state index contributed by atoms with van der Waals surface area (Å²) < 4.78 is 25.9. The van der Waals surface area contributed by atoms with Gasteiger partial charge in [0.2, 0.25) is 0 Å². The van der Waals surface area contributed by atoms with E-state index in [0.29, 0.717) is 12.0 Å². The second-order valence-corrected chi connectivity index (χ2v) is 4.05. The summed E-state index contributed by atoms with van der Waals surface area (Å²) in [6.45, 7) is 11.4. The van der Waals surface area contributed by atoms with Gasteiger partial charge in [-0.1, -0.05) is 44.1 Å². The minimum absolute atomic E-state index is 0.140. The van der Waals surface area contributed by atoms with Crippen LogP contribution in [0, 0.1) is 0 Å². The maximum atomic E-state index is 13.0. The lowest BCUT2D eigenvalue weighted by atomic mass is 9.92. The van der Waals surface area contributed by atoms with E-state index in [1.807, 2.05) is 20.8 Å². The lowest BCUT2D eigenvalue weighted by molar-refractivity contribution is 0.192. The van der Waals surface area contributed by atoms with Crippen molar-refractivity contribution in [2.45, 2.75) is 53.4 Å². The molecule has 0 radical (unpaired) electrons. The van der Waals surface area contributed by atoms with E-state index >= 15 is 0 Å².